The number of nitrogens with zero attached hydrogens (tertiary/aromatic N) is 4. The third-order valence-electron chi connectivity index (χ3n) is 7.40. The first kappa shape index (κ1) is 21.9. The van der Waals surface area contributed by atoms with Crippen molar-refractivity contribution >= 4 is 28.8 Å². The molecule has 2 fully saturated rings. The molecule has 172 valence electrons. The second-order valence-electron chi connectivity index (χ2n) is 9.38. The number of hydrogen-bond acceptors (Lipinski definition) is 4. The Morgan fingerprint density at radius 3 is 2.56 bits per heavy atom. The molecule has 1 aliphatic heterocycles. The van der Waals surface area contributed by atoms with E-state index in [1.807, 2.05) is 29.2 Å². The summed E-state index contributed by atoms with van der Waals surface area (Å²) in [6, 6.07) is 16.8. The number of rotatable bonds is 4. The average molecular weight is 454 g/mol. The van der Waals surface area contributed by atoms with Crippen LogP contribution in [0.4, 0.5) is 5.95 Å². The third kappa shape index (κ3) is 3.96. The van der Waals surface area contributed by atoms with Gasteiger partial charge in [0.1, 0.15) is 0 Å². The van der Waals surface area contributed by atoms with E-state index >= 15 is 0 Å². The molecule has 1 aliphatic carbocycles. The monoisotopic (exact) mass is 453 g/mol. The van der Waals surface area contributed by atoms with Gasteiger partial charge in [0.2, 0.25) is 11.9 Å². The Balaban J connectivity index is 1.38. The summed E-state index contributed by atoms with van der Waals surface area (Å²) in [5.74, 6) is 0.321. The minimum atomic E-state index is -0.248. The summed E-state index contributed by atoms with van der Waals surface area (Å²) in [4.78, 5) is 31.7. The fourth-order valence-electron chi connectivity index (χ4n) is 5.51. The van der Waals surface area contributed by atoms with Gasteiger partial charge in [-0.3, -0.25) is 14.9 Å². The fourth-order valence-corrected chi connectivity index (χ4v) is 5.51. The van der Waals surface area contributed by atoms with Crippen LogP contribution in [-0.4, -0.2) is 39.4 Å². The van der Waals surface area contributed by atoms with Gasteiger partial charge in [-0.15, -0.1) is 0 Å². The van der Waals surface area contributed by atoms with Crippen LogP contribution in [0.1, 0.15) is 54.1 Å². The predicted octanol–water partition coefficient (Wildman–Crippen LogP) is 4.68. The van der Waals surface area contributed by atoms with E-state index in [9.17, 15) is 9.59 Å². The second-order valence-corrected chi connectivity index (χ2v) is 9.38. The molecular formula is C27H27N5O2. The summed E-state index contributed by atoms with van der Waals surface area (Å²) in [6.45, 7) is 5.23. The van der Waals surface area contributed by atoms with Crippen molar-refractivity contribution in [2.75, 3.05) is 18.4 Å². The number of likely N-dealkylation sites (tertiary alicyclic amines) is 1. The normalized spacial score (nSPS) is 22.0. The summed E-state index contributed by atoms with van der Waals surface area (Å²) in [7, 11) is 0. The summed E-state index contributed by atoms with van der Waals surface area (Å²) in [5.41, 5.74) is 3.03. The van der Waals surface area contributed by atoms with Crippen molar-refractivity contribution < 1.29 is 9.59 Å². The van der Waals surface area contributed by atoms with E-state index in [4.69, 9.17) is 10.2 Å². The van der Waals surface area contributed by atoms with Crippen molar-refractivity contribution in [1.29, 1.82) is 5.26 Å². The Morgan fingerprint density at radius 2 is 1.85 bits per heavy atom. The Morgan fingerprint density at radius 1 is 1.12 bits per heavy atom. The highest BCUT2D eigenvalue weighted by Gasteiger charge is 2.42. The van der Waals surface area contributed by atoms with Crippen molar-refractivity contribution in [2.45, 2.75) is 38.1 Å². The van der Waals surface area contributed by atoms with Crippen LogP contribution in [0.25, 0.3) is 11.0 Å². The number of para-hydroxylation sites is 2. The smallest absolute Gasteiger partial charge is 0.257 e. The Hall–Kier alpha value is -3.92. The number of anilines is 1. The lowest BCUT2D eigenvalue weighted by atomic mass is 9.72. The molecule has 5 rings (SSSR count). The molecule has 1 saturated heterocycles. The van der Waals surface area contributed by atoms with Crippen molar-refractivity contribution in [1.82, 2.24) is 14.5 Å². The molecule has 1 aromatic heterocycles. The van der Waals surface area contributed by atoms with E-state index in [1.165, 1.54) is 6.08 Å². The molecule has 7 nitrogen and oxygen atoms in total. The number of imidazole rings is 1. The van der Waals surface area contributed by atoms with Crippen LogP contribution in [0.2, 0.25) is 0 Å². The first-order valence-electron chi connectivity index (χ1n) is 11.7. The van der Waals surface area contributed by atoms with Crippen LogP contribution in [0.15, 0.2) is 61.2 Å². The highest BCUT2D eigenvalue weighted by Crippen LogP contribution is 2.48. The average Bonchev–Trinajstić information content (AvgIpc) is 3.45. The molecule has 2 aliphatic rings. The first-order valence-corrected chi connectivity index (χ1v) is 11.7. The zero-order chi connectivity index (χ0) is 23.7. The summed E-state index contributed by atoms with van der Waals surface area (Å²) >= 11 is 0. The van der Waals surface area contributed by atoms with E-state index in [0.29, 0.717) is 17.1 Å². The van der Waals surface area contributed by atoms with Gasteiger partial charge in [-0.1, -0.05) is 18.7 Å². The molecule has 0 bridgehead atoms. The Kier molecular flexibility index (Phi) is 5.66. The maximum Gasteiger partial charge on any atom is 0.257 e. The van der Waals surface area contributed by atoms with E-state index in [-0.39, 0.29) is 23.3 Å². The molecule has 1 N–H and O–H groups in total. The molecule has 3 aromatic rings. The molecular weight excluding hydrogens is 426 g/mol. The van der Waals surface area contributed by atoms with E-state index < -0.39 is 0 Å². The number of fused-ring (bicyclic) bond motifs is 1. The minimum Gasteiger partial charge on any atom is -0.339 e. The van der Waals surface area contributed by atoms with Gasteiger partial charge in [0.15, 0.2) is 0 Å². The molecule has 0 unspecified atom stereocenters. The van der Waals surface area contributed by atoms with Crippen LogP contribution in [0.5, 0.6) is 0 Å². The zero-order valence-electron chi connectivity index (χ0n) is 19.0. The molecule has 1 spiro atoms. The molecule has 34 heavy (non-hydrogen) atoms. The van der Waals surface area contributed by atoms with Gasteiger partial charge in [0.25, 0.3) is 5.91 Å². The SMILES string of the molecule is C=CC(=O)N1CCC2(CCC(n3c(NC(=O)c4ccc(C#N)cc4)nc4ccccc43)CC2)C1. The number of carbonyl (C=O) groups excluding carboxylic acids is 2. The van der Waals surface area contributed by atoms with Gasteiger partial charge in [-0.05, 0) is 80.0 Å². The number of carbonyl (C=O) groups is 2. The second kappa shape index (κ2) is 8.79. The number of amides is 2. The molecule has 7 heteroatoms. The highest BCUT2D eigenvalue weighted by atomic mass is 16.2. The number of benzene rings is 2. The maximum atomic E-state index is 13.0. The van der Waals surface area contributed by atoms with Crippen LogP contribution in [0, 0.1) is 16.7 Å². The van der Waals surface area contributed by atoms with Crippen molar-refractivity contribution in [3.63, 3.8) is 0 Å². The van der Waals surface area contributed by atoms with E-state index in [0.717, 1.165) is 56.2 Å². The highest BCUT2D eigenvalue weighted by molar-refractivity contribution is 6.04. The standard InChI is InChI=1S/C27H27N5O2/c1-2-24(33)31-16-15-27(18-31)13-11-21(12-14-27)32-23-6-4-3-5-22(23)29-26(32)30-25(34)20-9-7-19(17-28)8-10-20/h2-10,21H,1,11-16,18H2,(H,29,30,34). The summed E-state index contributed by atoms with van der Waals surface area (Å²) < 4.78 is 2.17. The molecule has 0 atom stereocenters. The predicted molar refractivity (Wildman–Crippen MR) is 130 cm³/mol. The first-order chi connectivity index (χ1) is 16.5. The lowest BCUT2D eigenvalue weighted by Crippen LogP contribution is -2.34. The van der Waals surface area contributed by atoms with E-state index in [1.54, 1.807) is 24.3 Å². The molecule has 0 radical (unpaired) electrons. The van der Waals surface area contributed by atoms with Crippen LogP contribution < -0.4 is 5.32 Å². The lowest BCUT2D eigenvalue weighted by Gasteiger charge is -2.38. The van der Waals surface area contributed by atoms with Gasteiger partial charge < -0.3 is 9.47 Å². The molecule has 2 amide bonds. The zero-order valence-corrected chi connectivity index (χ0v) is 19.0. The quantitative estimate of drug-likeness (QED) is 0.581. The van der Waals surface area contributed by atoms with E-state index in [2.05, 4.69) is 22.5 Å². The van der Waals surface area contributed by atoms with Gasteiger partial charge in [0, 0.05) is 24.7 Å². The topological polar surface area (TPSA) is 91.0 Å². The summed E-state index contributed by atoms with van der Waals surface area (Å²) in [5, 5.41) is 12.0. The molecule has 2 heterocycles. The number of hydrogen-bond donors (Lipinski definition) is 1. The fraction of sp³-hybridized carbons (Fsp3) is 0.333. The Labute approximate surface area is 198 Å². The van der Waals surface area contributed by atoms with Crippen LogP contribution in [0.3, 0.4) is 0 Å². The van der Waals surface area contributed by atoms with Gasteiger partial charge in [0.05, 0.1) is 22.7 Å². The third-order valence-corrected chi connectivity index (χ3v) is 7.40. The lowest BCUT2D eigenvalue weighted by molar-refractivity contribution is -0.125. The van der Waals surface area contributed by atoms with Crippen LogP contribution >= 0.6 is 0 Å². The van der Waals surface area contributed by atoms with Crippen molar-refractivity contribution in [3.05, 3.63) is 72.3 Å². The maximum absolute atomic E-state index is 13.0. The van der Waals surface area contributed by atoms with Crippen LogP contribution in [-0.2, 0) is 4.79 Å². The van der Waals surface area contributed by atoms with Gasteiger partial charge in [-0.25, -0.2) is 4.98 Å². The van der Waals surface area contributed by atoms with Crippen molar-refractivity contribution in [2.24, 2.45) is 5.41 Å². The molecule has 2 aromatic carbocycles. The number of nitriles is 1. The Bertz CT molecular complexity index is 1290. The summed E-state index contributed by atoms with van der Waals surface area (Å²) in [6.07, 6.45) is 6.45. The minimum absolute atomic E-state index is 0.0207. The molecule has 1 saturated carbocycles. The van der Waals surface area contributed by atoms with Gasteiger partial charge in [-0.2, -0.15) is 5.26 Å². The number of nitrogens with one attached hydrogen (secondary N) is 1. The van der Waals surface area contributed by atoms with Gasteiger partial charge >= 0.3 is 0 Å². The van der Waals surface area contributed by atoms with Crippen molar-refractivity contribution in [3.8, 4) is 6.07 Å². The largest absolute Gasteiger partial charge is 0.339 e. The number of aromatic nitrogens is 2.